The fourth-order valence-corrected chi connectivity index (χ4v) is 1.19. The van der Waals surface area contributed by atoms with Gasteiger partial charge in [-0.2, -0.15) is 0 Å². The first-order valence-electron chi connectivity index (χ1n) is 4.66. The molecule has 3 nitrogen and oxygen atoms in total. The number of rotatable bonds is 0. The summed E-state index contributed by atoms with van der Waals surface area (Å²) in [6.45, 7) is 2.40. The van der Waals surface area contributed by atoms with Crippen molar-refractivity contribution < 1.29 is 9.60 Å². The molecule has 0 aromatic carbocycles. The Kier molecular flexibility index (Phi) is 5.14. The first-order chi connectivity index (χ1) is 7.59. The standard InChI is InChI=1S/C6H5BrFN.C5H7NO/c1-4-2-5(8)6(7)9-3-4;7-6-4-2-1-3-5-6/h2-3H,1H3;1-4,7H,5H2. The summed E-state index contributed by atoms with van der Waals surface area (Å²) in [4.78, 5) is 3.72. The molecule has 0 atom stereocenters. The fraction of sp³-hybridized carbons (Fsp3) is 0.182. The first kappa shape index (κ1) is 12.9. The average Bonchev–Trinajstić information content (AvgIpc) is 2.26. The molecular formula is C11H12BrFN2O. The second-order valence-electron chi connectivity index (χ2n) is 3.18. The molecule has 2 heterocycles. The summed E-state index contributed by atoms with van der Waals surface area (Å²) in [5, 5.41) is 9.73. The molecule has 0 bridgehead atoms. The maximum atomic E-state index is 12.5. The van der Waals surface area contributed by atoms with Crippen molar-refractivity contribution in [2.24, 2.45) is 0 Å². The Morgan fingerprint density at radius 1 is 1.50 bits per heavy atom. The van der Waals surface area contributed by atoms with Gasteiger partial charge in [-0.1, -0.05) is 12.2 Å². The molecule has 0 unspecified atom stereocenters. The predicted molar refractivity (Wildman–Crippen MR) is 63.4 cm³/mol. The maximum absolute atomic E-state index is 12.5. The van der Waals surface area contributed by atoms with Crippen LogP contribution in [-0.4, -0.2) is 21.8 Å². The van der Waals surface area contributed by atoms with Gasteiger partial charge in [0, 0.05) is 12.4 Å². The van der Waals surface area contributed by atoms with Crippen LogP contribution < -0.4 is 0 Å². The largest absolute Gasteiger partial charge is 0.289 e. The minimum atomic E-state index is -0.310. The summed E-state index contributed by atoms with van der Waals surface area (Å²) >= 11 is 2.94. The van der Waals surface area contributed by atoms with E-state index in [4.69, 9.17) is 5.21 Å². The third kappa shape index (κ3) is 4.55. The summed E-state index contributed by atoms with van der Waals surface area (Å²) in [6, 6.07) is 1.43. The van der Waals surface area contributed by atoms with Gasteiger partial charge in [0.15, 0.2) is 5.82 Å². The van der Waals surface area contributed by atoms with Crippen molar-refractivity contribution in [2.45, 2.75) is 6.92 Å². The number of hydrogen-bond donors (Lipinski definition) is 1. The van der Waals surface area contributed by atoms with E-state index in [0.29, 0.717) is 6.54 Å². The van der Waals surface area contributed by atoms with Crippen LogP contribution in [0, 0.1) is 12.7 Å². The minimum Gasteiger partial charge on any atom is -0.289 e. The van der Waals surface area contributed by atoms with Crippen LogP contribution in [-0.2, 0) is 0 Å². The summed E-state index contributed by atoms with van der Waals surface area (Å²) in [5.74, 6) is -0.310. The van der Waals surface area contributed by atoms with Crippen LogP contribution in [0.15, 0.2) is 41.3 Å². The normalized spacial score (nSPS) is 13.4. The third-order valence-electron chi connectivity index (χ3n) is 1.73. The van der Waals surface area contributed by atoms with E-state index >= 15 is 0 Å². The Labute approximate surface area is 102 Å². The number of aromatic nitrogens is 1. The Morgan fingerprint density at radius 2 is 2.25 bits per heavy atom. The number of hydroxylamine groups is 2. The van der Waals surface area contributed by atoms with Gasteiger partial charge in [-0.3, -0.25) is 10.3 Å². The Hall–Kier alpha value is -1.20. The first-order valence-corrected chi connectivity index (χ1v) is 5.45. The minimum absolute atomic E-state index is 0.271. The van der Waals surface area contributed by atoms with Crippen molar-refractivity contribution in [2.75, 3.05) is 6.54 Å². The summed E-state index contributed by atoms with van der Waals surface area (Å²) in [6.07, 6.45) is 8.77. The van der Waals surface area contributed by atoms with Gasteiger partial charge in [-0.15, -0.1) is 0 Å². The van der Waals surface area contributed by atoms with E-state index in [2.05, 4.69) is 20.9 Å². The highest BCUT2D eigenvalue weighted by Gasteiger charge is 1.96. The molecule has 0 aliphatic carbocycles. The van der Waals surface area contributed by atoms with Crippen LogP contribution in [0.1, 0.15) is 5.56 Å². The molecule has 0 saturated heterocycles. The number of halogens is 2. The van der Waals surface area contributed by atoms with E-state index in [0.717, 1.165) is 10.6 Å². The second-order valence-corrected chi connectivity index (χ2v) is 3.93. The zero-order chi connectivity index (χ0) is 12.0. The average molecular weight is 287 g/mol. The van der Waals surface area contributed by atoms with Crippen LogP contribution in [0.3, 0.4) is 0 Å². The molecule has 1 aromatic rings. The lowest BCUT2D eigenvalue weighted by molar-refractivity contribution is -0.0302. The number of pyridine rings is 1. The molecule has 0 saturated carbocycles. The van der Waals surface area contributed by atoms with E-state index in [-0.39, 0.29) is 10.4 Å². The highest BCUT2D eigenvalue weighted by Crippen LogP contribution is 2.11. The maximum Gasteiger partial charge on any atom is 0.156 e. The van der Waals surface area contributed by atoms with Gasteiger partial charge in [-0.25, -0.2) is 9.37 Å². The van der Waals surface area contributed by atoms with Gasteiger partial charge in [0.05, 0.1) is 6.54 Å². The molecule has 1 aromatic heterocycles. The van der Waals surface area contributed by atoms with Crippen LogP contribution in [0.2, 0.25) is 0 Å². The lowest BCUT2D eigenvalue weighted by Gasteiger charge is -2.09. The molecular weight excluding hydrogens is 275 g/mol. The van der Waals surface area contributed by atoms with Gasteiger partial charge in [0.25, 0.3) is 0 Å². The van der Waals surface area contributed by atoms with E-state index in [1.54, 1.807) is 25.4 Å². The molecule has 16 heavy (non-hydrogen) atoms. The highest BCUT2D eigenvalue weighted by molar-refractivity contribution is 9.10. The predicted octanol–water partition coefficient (Wildman–Crippen LogP) is 3.05. The van der Waals surface area contributed by atoms with Crippen molar-refractivity contribution in [1.29, 1.82) is 0 Å². The Morgan fingerprint density at radius 3 is 2.62 bits per heavy atom. The number of hydrogen-bond acceptors (Lipinski definition) is 3. The van der Waals surface area contributed by atoms with Gasteiger partial charge >= 0.3 is 0 Å². The smallest absolute Gasteiger partial charge is 0.156 e. The van der Waals surface area contributed by atoms with Crippen molar-refractivity contribution in [3.05, 3.63) is 52.7 Å². The zero-order valence-electron chi connectivity index (χ0n) is 8.77. The quantitative estimate of drug-likeness (QED) is 0.745. The fourth-order valence-electron chi connectivity index (χ4n) is 0.974. The molecule has 1 aliphatic heterocycles. The van der Waals surface area contributed by atoms with Crippen LogP contribution in [0.4, 0.5) is 4.39 Å². The van der Waals surface area contributed by atoms with E-state index in [1.807, 2.05) is 12.2 Å². The third-order valence-corrected chi connectivity index (χ3v) is 2.31. The molecule has 86 valence electrons. The van der Waals surface area contributed by atoms with Crippen molar-refractivity contribution in [3.8, 4) is 0 Å². The van der Waals surface area contributed by atoms with Gasteiger partial charge in [0.1, 0.15) is 4.60 Å². The monoisotopic (exact) mass is 286 g/mol. The van der Waals surface area contributed by atoms with Crippen LogP contribution >= 0.6 is 15.9 Å². The number of nitrogens with zero attached hydrogens (tertiary/aromatic N) is 2. The van der Waals surface area contributed by atoms with Crippen molar-refractivity contribution >= 4 is 15.9 Å². The van der Waals surface area contributed by atoms with Gasteiger partial charge < -0.3 is 0 Å². The lowest BCUT2D eigenvalue weighted by Crippen LogP contribution is -2.12. The molecule has 0 radical (unpaired) electrons. The molecule has 5 heteroatoms. The summed E-state index contributed by atoms with van der Waals surface area (Å²) < 4.78 is 12.7. The van der Waals surface area contributed by atoms with E-state index in [1.165, 1.54) is 6.07 Å². The summed E-state index contributed by atoms with van der Waals surface area (Å²) in [5.41, 5.74) is 0.829. The highest BCUT2D eigenvalue weighted by atomic mass is 79.9. The Balaban J connectivity index is 0.000000165. The molecule has 1 N–H and O–H groups in total. The molecule has 2 rings (SSSR count). The van der Waals surface area contributed by atoms with Crippen LogP contribution in [0.5, 0.6) is 0 Å². The number of aryl methyl sites for hydroxylation is 1. The second kappa shape index (κ2) is 6.40. The topological polar surface area (TPSA) is 36.4 Å². The van der Waals surface area contributed by atoms with Crippen LogP contribution in [0.25, 0.3) is 0 Å². The SMILES string of the molecule is Cc1cnc(Br)c(F)c1.ON1C=CC=CC1. The molecule has 0 fully saturated rings. The van der Waals surface area contributed by atoms with Gasteiger partial charge in [0.2, 0.25) is 0 Å². The molecule has 1 aliphatic rings. The molecule has 0 spiro atoms. The van der Waals surface area contributed by atoms with Crippen molar-refractivity contribution in [1.82, 2.24) is 10.0 Å². The number of allylic oxidation sites excluding steroid dienone is 2. The van der Waals surface area contributed by atoms with E-state index < -0.39 is 0 Å². The van der Waals surface area contributed by atoms with Crippen molar-refractivity contribution in [3.63, 3.8) is 0 Å². The summed E-state index contributed by atoms with van der Waals surface area (Å²) in [7, 11) is 0. The van der Waals surface area contributed by atoms with Gasteiger partial charge in [-0.05, 0) is 40.6 Å². The molecule has 0 amide bonds. The Bertz CT molecular complexity index is 407. The zero-order valence-corrected chi connectivity index (χ0v) is 10.4. The van der Waals surface area contributed by atoms with E-state index in [9.17, 15) is 4.39 Å². The lowest BCUT2D eigenvalue weighted by atomic mass is 10.3.